The highest BCUT2D eigenvalue weighted by atomic mass is 16.3. The van der Waals surface area contributed by atoms with Crippen LogP contribution in [0.3, 0.4) is 0 Å². The predicted octanol–water partition coefficient (Wildman–Crippen LogP) is 0.901. The highest BCUT2D eigenvalue weighted by Gasteiger charge is 2.27. The number of hydrogen-bond donors (Lipinski definition) is 0. The van der Waals surface area contributed by atoms with E-state index in [-0.39, 0.29) is 0 Å². The molecule has 1 aliphatic heterocycles. The van der Waals surface area contributed by atoms with Gasteiger partial charge in [-0.25, -0.2) is 5.11 Å². The number of nitrogens with zero attached hydrogens (tertiary/aromatic N) is 1. The van der Waals surface area contributed by atoms with Gasteiger partial charge in [0, 0.05) is 13.1 Å². The lowest BCUT2D eigenvalue weighted by molar-refractivity contribution is -0.0560. The van der Waals surface area contributed by atoms with Gasteiger partial charge in [0.2, 0.25) is 0 Å². The summed E-state index contributed by atoms with van der Waals surface area (Å²) in [7, 11) is 2.06. The van der Waals surface area contributed by atoms with Crippen molar-refractivity contribution < 1.29 is 5.11 Å². The van der Waals surface area contributed by atoms with E-state index in [1.807, 2.05) is 0 Å². The fourth-order valence-electron chi connectivity index (χ4n) is 1.09. The van der Waals surface area contributed by atoms with Crippen molar-refractivity contribution in [3.63, 3.8) is 0 Å². The van der Waals surface area contributed by atoms with Gasteiger partial charge in [0.15, 0.2) is 0 Å². The van der Waals surface area contributed by atoms with Crippen molar-refractivity contribution in [1.82, 2.24) is 4.90 Å². The Morgan fingerprint density at radius 3 is 2.11 bits per heavy atom. The second kappa shape index (κ2) is 2.27. The van der Waals surface area contributed by atoms with E-state index < -0.39 is 5.60 Å². The summed E-state index contributed by atoms with van der Waals surface area (Å²) in [6.07, 6.45) is 1.62. The van der Waals surface area contributed by atoms with E-state index in [0.29, 0.717) is 0 Å². The molecule has 0 amide bonds. The lowest BCUT2D eigenvalue weighted by Crippen LogP contribution is -2.39. The molecule has 2 nitrogen and oxygen atoms in total. The van der Waals surface area contributed by atoms with E-state index in [4.69, 9.17) is 0 Å². The fourth-order valence-corrected chi connectivity index (χ4v) is 1.09. The van der Waals surface area contributed by atoms with E-state index in [9.17, 15) is 5.11 Å². The van der Waals surface area contributed by atoms with Crippen LogP contribution in [0, 0.1) is 0 Å². The molecule has 0 atom stereocenters. The maximum absolute atomic E-state index is 11.2. The van der Waals surface area contributed by atoms with Gasteiger partial charge in [-0.05, 0) is 26.8 Å². The predicted molar refractivity (Wildman–Crippen MR) is 35.8 cm³/mol. The van der Waals surface area contributed by atoms with Crippen LogP contribution in [0.1, 0.15) is 19.8 Å². The van der Waals surface area contributed by atoms with Gasteiger partial charge in [-0.15, -0.1) is 0 Å². The van der Waals surface area contributed by atoms with Gasteiger partial charge in [-0.2, -0.15) is 0 Å². The molecule has 0 aromatic rings. The third kappa shape index (κ3) is 1.95. The molecular weight excluding hydrogens is 114 g/mol. The first-order valence-electron chi connectivity index (χ1n) is 3.49. The maximum atomic E-state index is 11.2. The first-order valence-corrected chi connectivity index (χ1v) is 3.49. The molecular formula is C7H14NO. The summed E-state index contributed by atoms with van der Waals surface area (Å²) in [5.41, 5.74) is -0.632. The smallest absolute Gasteiger partial charge is 0.103 e. The topological polar surface area (TPSA) is 23.1 Å². The summed E-state index contributed by atoms with van der Waals surface area (Å²) in [4.78, 5) is 2.21. The fraction of sp³-hybridized carbons (Fsp3) is 1.00. The minimum Gasteiger partial charge on any atom is -0.306 e. The average Bonchev–Trinajstić information content (AvgIpc) is 1.78. The van der Waals surface area contributed by atoms with Crippen LogP contribution in [0.15, 0.2) is 0 Å². The summed E-state index contributed by atoms with van der Waals surface area (Å²) >= 11 is 0. The quantitative estimate of drug-likeness (QED) is 0.475. The Morgan fingerprint density at radius 1 is 1.33 bits per heavy atom. The second-order valence-electron chi connectivity index (χ2n) is 3.25. The molecule has 9 heavy (non-hydrogen) atoms. The lowest BCUT2D eigenvalue weighted by atomic mass is 9.94. The van der Waals surface area contributed by atoms with E-state index in [0.717, 1.165) is 25.9 Å². The minimum absolute atomic E-state index is 0.632. The molecule has 1 saturated heterocycles. The van der Waals surface area contributed by atoms with Crippen LogP contribution < -0.4 is 0 Å². The van der Waals surface area contributed by atoms with Crippen LogP contribution in [-0.4, -0.2) is 30.6 Å². The summed E-state index contributed by atoms with van der Waals surface area (Å²) in [5, 5.41) is 11.2. The highest BCUT2D eigenvalue weighted by molar-refractivity contribution is 4.79. The first kappa shape index (κ1) is 7.03. The van der Waals surface area contributed by atoms with Crippen molar-refractivity contribution in [2.45, 2.75) is 25.4 Å². The molecule has 0 aliphatic carbocycles. The van der Waals surface area contributed by atoms with E-state index in [2.05, 4.69) is 11.9 Å². The molecule has 1 fully saturated rings. The minimum atomic E-state index is -0.632. The van der Waals surface area contributed by atoms with Gasteiger partial charge in [0.1, 0.15) is 5.60 Å². The van der Waals surface area contributed by atoms with Gasteiger partial charge in [0.25, 0.3) is 0 Å². The van der Waals surface area contributed by atoms with Gasteiger partial charge < -0.3 is 4.90 Å². The molecule has 53 valence electrons. The average molecular weight is 128 g/mol. The van der Waals surface area contributed by atoms with Gasteiger partial charge >= 0.3 is 0 Å². The monoisotopic (exact) mass is 128 g/mol. The van der Waals surface area contributed by atoms with Crippen LogP contribution in [0.4, 0.5) is 0 Å². The van der Waals surface area contributed by atoms with E-state index in [1.165, 1.54) is 0 Å². The molecule has 0 saturated carbocycles. The Labute approximate surface area is 56.5 Å². The highest BCUT2D eigenvalue weighted by Crippen LogP contribution is 2.20. The van der Waals surface area contributed by atoms with Crippen molar-refractivity contribution in [1.29, 1.82) is 0 Å². The van der Waals surface area contributed by atoms with Crippen LogP contribution in [0.25, 0.3) is 0 Å². The van der Waals surface area contributed by atoms with Crippen molar-refractivity contribution >= 4 is 0 Å². The Balaban J connectivity index is 2.35. The number of rotatable bonds is 0. The Kier molecular flexibility index (Phi) is 1.78. The van der Waals surface area contributed by atoms with Crippen molar-refractivity contribution in [3.05, 3.63) is 0 Å². The van der Waals surface area contributed by atoms with E-state index >= 15 is 0 Å². The molecule has 0 spiro atoms. The molecule has 2 heteroatoms. The van der Waals surface area contributed by atoms with Crippen LogP contribution in [0.5, 0.6) is 0 Å². The molecule has 1 aliphatic rings. The molecule has 1 radical (unpaired) electrons. The number of piperidine rings is 1. The van der Waals surface area contributed by atoms with Crippen LogP contribution in [-0.2, 0) is 5.11 Å². The molecule has 0 N–H and O–H groups in total. The van der Waals surface area contributed by atoms with Gasteiger partial charge in [0.05, 0.1) is 0 Å². The molecule has 0 aromatic heterocycles. The molecule has 0 unspecified atom stereocenters. The third-order valence-electron chi connectivity index (χ3n) is 2.04. The summed E-state index contributed by atoms with van der Waals surface area (Å²) in [6, 6.07) is 0. The van der Waals surface area contributed by atoms with Gasteiger partial charge in [-0.3, -0.25) is 0 Å². The number of likely N-dealkylation sites (tertiary alicyclic amines) is 1. The molecule has 1 rings (SSSR count). The van der Waals surface area contributed by atoms with Crippen molar-refractivity contribution in [2.24, 2.45) is 0 Å². The summed E-state index contributed by atoms with van der Waals surface area (Å²) in [6.45, 7) is 3.75. The van der Waals surface area contributed by atoms with Gasteiger partial charge in [-0.1, -0.05) is 0 Å². The van der Waals surface area contributed by atoms with Crippen molar-refractivity contribution in [2.75, 3.05) is 20.1 Å². The van der Waals surface area contributed by atoms with E-state index in [1.54, 1.807) is 6.92 Å². The Hall–Kier alpha value is -0.0800. The number of hydrogen-bond acceptors (Lipinski definition) is 1. The molecule has 0 aromatic carbocycles. The lowest BCUT2D eigenvalue weighted by Gasteiger charge is -2.31. The zero-order valence-corrected chi connectivity index (χ0v) is 6.18. The Bertz CT molecular complexity index is 91.1. The SMILES string of the molecule is CN1CCC(C)([O])CC1. The molecule has 1 heterocycles. The van der Waals surface area contributed by atoms with Crippen molar-refractivity contribution in [3.8, 4) is 0 Å². The standard InChI is InChI=1S/C7H14NO/c1-7(9)3-5-8(2)6-4-7/h3-6H2,1-2H3. The third-order valence-corrected chi connectivity index (χ3v) is 2.04. The maximum Gasteiger partial charge on any atom is 0.103 e. The zero-order chi connectivity index (χ0) is 6.91. The Morgan fingerprint density at radius 2 is 1.78 bits per heavy atom. The van der Waals surface area contributed by atoms with Crippen LogP contribution in [0.2, 0.25) is 0 Å². The second-order valence-corrected chi connectivity index (χ2v) is 3.25. The largest absolute Gasteiger partial charge is 0.306 e. The summed E-state index contributed by atoms with van der Waals surface area (Å²) < 4.78 is 0. The molecule has 0 bridgehead atoms. The normalized spacial score (nSPS) is 28.3. The van der Waals surface area contributed by atoms with Crippen LogP contribution >= 0.6 is 0 Å². The first-order chi connectivity index (χ1) is 4.10. The summed E-state index contributed by atoms with van der Waals surface area (Å²) in [5.74, 6) is 0. The zero-order valence-electron chi connectivity index (χ0n) is 6.18.